The van der Waals surface area contributed by atoms with Crippen LogP contribution in [0.15, 0.2) is 53.6 Å². The largest absolute Gasteiger partial charge is 0.325 e. The zero-order chi connectivity index (χ0) is 18.8. The van der Waals surface area contributed by atoms with Gasteiger partial charge in [-0.15, -0.1) is 0 Å². The molecule has 6 heteroatoms. The number of rotatable bonds is 3. The number of nitrogens with zero attached hydrogens (tertiary/aromatic N) is 2. The Morgan fingerprint density at radius 3 is 2.35 bits per heavy atom. The van der Waals surface area contributed by atoms with Crippen LogP contribution in [0.2, 0.25) is 5.02 Å². The Bertz CT molecular complexity index is 877. The van der Waals surface area contributed by atoms with E-state index in [0.29, 0.717) is 10.7 Å². The molecule has 5 nitrogen and oxygen atoms in total. The number of para-hydroxylation sites is 1. The van der Waals surface area contributed by atoms with Crippen LogP contribution < -0.4 is 5.32 Å². The monoisotopic (exact) mass is 369 g/mol. The van der Waals surface area contributed by atoms with E-state index >= 15 is 0 Å². The van der Waals surface area contributed by atoms with Crippen molar-refractivity contribution in [3.63, 3.8) is 0 Å². The van der Waals surface area contributed by atoms with Crippen molar-refractivity contribution in [2.75, 3.05) is 5.32 Å². The second-order valence-electron chi connectivity index (χ2n) is 6.38. The van der Waals surface area contributed by atoms with Gasteiger partial charge in [0.1, 0.15) is 5.92 Å². The lowest BCUT2D eigenvalue weighted by molar-refractivity contribution is -0.132. The topological polar surface area (TPSA) is 61.8 Å². The van der Waals surface area contributed by atoms with Gasteiger partial charge in [-0.1, -0.05) is 41.9 Å². The summed E-state index contributed by atoms with van der Waals surface area (Å²) in [4.78, 5) is 25.1. The van der Waals surface area contributed by atoms with Crippen molar-refractivity contribution in [3.8, 4) is 0 Å². The van der Waals surface area contributed by atoms with Crippen LogP contribution in [-0.4, -0.2) is 22.5 Å². The van der Waals surface area contributed by atoms with E-state index < -0.39 is 12.0 Å². The van der Waals surface area contributed by atoms with Gasteiger partial charge in [0, 0.05) is 17.6 Å². The fourth-order valence-corrected chi connectivity index (χ4v) is 3.31. The fraction of sp³-hybridized carbons (Fsp3) is 0.250. The summed E-state index contributed by atoms with van der Waals surface area (Å²) in [5, 5.41) is 9.28. The van der Waals surface area contributed by atoms with Gasteiger partial charge in [-0.3, -0.25) is 9.59 Å². The lowest BCUT2D eigenvalue weighted by Gasteiger charge is -2.26. The van der Waals surface area contributed by atoms with Crippen LogP contribution in [0, 0.1) is 12.8 Å². The molecule has 1 N–H and O–H groups in total. The first kappa shape index (κ1) is 18.1. The molecule has 2 aromatic rings. The predicted octanol–water partition coefficient (Wildman–Crippen LogP) is 4.18. The number of carbonyl (C=O) groups is 2. The Balaban J connectivity index is 1.95. The van der Waals surface area contributed by atoms with Crippen molar-refractivity contribution in [1.82, 2.24) is 5.01 Å². The lowest BCUT2D eigenvalue weighted by Crippen LogP contribution is -2.36. The number of anilines is 1. The molecule has 0 radical (unpaired) electrons. The van der Waals surface area contributed by atoms with E-state index in [4.69, 9.17) is 11.6 Å². The molecule has 1 aliphatic heterocycles. The molecule has 2 atom stereocenters. The van der Waals surface area contributed by atoms with Crippen LogP contribution >= 0.6 is 11.6 Å². The fourth-order valence-electron chi connectivity index (χ4n) is 3.18. The quantitative estimate of drug-likeness (QED) is 0.882. The Hall–Kier alpha value is -2.66. The molecule has 2 amide bonds. The van der Waals surface area contributed by atoms with Crippen molar-refractivity contribution in [3.05, 3.63) is 64.7 Å². The molecule has 0 saturated carbocycles. The van der Waals surface area contributed by atoms with E-state index in [1.165, 1.54) is 11.9 Å². The molecule has 0 aliphatic carbocycles. The first-order valence-corrected chi connectivity index (χ1v) is 8.73. The van der Waals surface area contributed by atoms with E-state index in [2.05, 4.69) is 10.4 Å². The number of aryl methyl sites for hydroxylation is 1. The van der Waals surface area contributed by atoms with Crippen molar-refractivity contribution in [2.45, 2.75) is 26.8 Å². The molecule has 3 rings (SSSR count). The predicted molar refractivity (Wildman–Crippen MR) is 103 cm³/mol. The van der Waals surface area contributed by atoms with Gasteiger partial charge in [-0.05, 0) is 43.2 Å². The standard InChI is InChI=1S/C20H20ClN3O2/c1-12-6-4-5-7-17(12)22-20(26)18-13(2)23-24(14(3)25)19(18)15-8-10-16(21)11-9-15/h4-11,18-19H,1-3H3,(H,22,26). The van der Waals surface area contributed by atoms with E-state index in [9.17, 15) is 9.59 Å². The van der Waals surface area contributed by atoms with Gasteiger partial charge >= 0.3 is 0 Å². The lowest BCUT2D eigenvalue weighted by atomic mass is 9.89. The van der Waals surface area contributed by atoms with Crippen molar-refractivity contribution >= 4 is 34.8 Å². The average molecular weight is 370 g/mol. The third-order valence-electron chi connectivity index (χ3n) is 4.51. The van der Waals surface area contributed by atoms with Crippen molar-refractivity contribution in [1.29, 1.82) is 0 Å². The second kappa shape index (κ2) is 7.30. The zero-order valence-corrected chi connectivity index (χ0v) is 15.6. The summed E-state index contributed by atoms with van der Waals surface area (Å²) in [5.74, 6) is -0.973. The van der Waals surface area contributed by atoms with Gasteiger partial charge < -0.3 is 5.32 Å². The molecule has 2 aromatic carbocycles. The summed E-state index contributed by atoms with van der Waals surface area (Å²) in [6.45, 7) is 5.15. The highest BCUT2D eigenvalue weighted by Gasteiger charge is 2.42. The molecular weight excluding hydrogens is 350 g/mol. The number of hydrazone groups is 1. The maximum atomic E-state index is 13.0. The third kappa shape index (κ3) is 3.48. The number of carbonyl (C=O) groups excluding carboxylic acids is 2. The normalized spacial score (nSPS) is 19.2. The Kier molecular flexibility index (Phi) is 5.09. The number of hydrogen-bond acceptors (Lipinski definition) is 3. The van der Waals surface area contributed by atoms with Crippen LogP contribution in [-0.2, 0) is 9.59 Å². The molecule has 0 fully saturated rings. The van der Waals surface area contributed by atoms with Crippen LogP contribution in [0.25, 0.3) is 0 Å². The van der Waals surface area contributed by atoms with Crippen LogP contribution in [0.5, 0.6) is 0 Å². The smallest absolute Gasteiger partial charge is 0.240 e. The SMILES string of the molecule is CC(=O)N1N=C(C)C(C(=O)Nc2ccccc2C)C1c1ccc(Cl)cc1. The minimum absolute atomic E-state index is 0.191. The summed E-state index contributed by atoms with van der Waals surface area (Å²) < 4.78 is 0. The summed E-state index contributed by atoms with van der Waals surface area (Å²) >= 11 is 5.98. The van der Waals surface area contributed by atoms with Gasteiger partial charge in [-0.2, -0.15) is 5.10 Å². The van der Waals surface area contributed by atoms with E-state index in [1.807, 2.05) is 43.3 Å². The van der Waals surface area contributed by atoms with Crippen molar-refractivity contribution < 1.29 is 9.59 Å². The maximum Gasteiger partial charge on any atom is 0.240 e. The average Bonchev–Trinajstić information content (AvgIpc) is 2.95. The minimum Gasteiger partial charge on any atom is -0.325 e. The molecule has 0 aromatic heterocycles. The highest BCUT2D eigenvalue weighted by Crippen LogP contribution is 2.37. The van der Waals surface area contributed by atoms with Crippen LogP contribution in [0.3, 0.4) is 0 Å². The zero-order valence-electron chi connectivity index (χ0n) is 14.9. The summed E-state index contributed by atoms with van der Waals surface area (Å²) in [7, 11) is 0. The van der Waals surface area contributed by atoms with E-state index in [0.717, 1.165) is 16.8 Å². The maximum absolute atomic E-state index is 13.0. The molecule has 1 heterocycles. The van der Waals surface area contributed by atoms with Crippen LogP contribution in [0.1, 0.15) is 31.0 Å². The van der Waals surface area contributed by atoms with Gasteiger partial charge in [0.05, 0.1) is 11.8 Å². The molecular formula is C20H20ClN3O2. The van der Waals surface area contributed by atoms with Crippen molar-refractivity contribution in [2.24, 2.45) is 11.0 Å². The molecule has 1 aliphatic rings. The number of nitrogens with one attached hydrogen (secondary N) is 1. The Labute approximate surface area is 157 Å². The summed E-state index contributed by atoms with van der Waals surface area (Å²) in [6.07, 6.45) is 0. The third-order valence-corrected chi connectivity index (χ3v) is 4.77. The molecule has 0 saturated heterocycles. The minimum atomic E-state index is -0.570. The molecule has 2 unspecified atom stereocenters. The molecule has 0 spiro atoms. The first-order chi connectivity index (χ1) is 12.4. The summed E-state index contributed by atoms with van der Waals surface area (Å²) in [5.41, 5.74) is 3.14. The molecule has 26 heavy (non-hydrogen) atoms. The van der Waals surface area contributed by atoms with Gasteiger partial charge in [0.25, 0.3) is 0 Å². The van der Waals surface area contributed by atoms with Gasteiger partial charge in [0.2, 0.25) is 11.8 Å². The van der Waals surface area contributed by atoms with E-state index in [1.54, 1.807) is 19.1 Å². The van der Waals surface area contributed by atoms with Gasteiger partial charge in [0.15, 0.2) is 0 Å². The number of amides is 2. The second-order valence-corrected chi connectivity index (χ2v) is 6.82. The highest BCUT2D eigenvalue weighted by atomic mass is 35.5. The Morgan fingerprint density at radius 2 is 1.73 bits per heavy atom. The van der Waals surface area contributed by atoms with E-state index in [-0.39, 0.29) is 11.8 Å². The number of hydrogen-bond donors (Lipinski definition) is 1. The summed E-state index contributed by atoms with van der Waals surface area (Å²) in [6, 6.07) is 14.2. The number of benzene rings is 2. The van der Waals surface area contributed by atoms with Gasteiger partial charge in [-0.25, -0.2) is 5.01 Å². The van der Waals surface area contributed by atoms with Crippen LogP contribution in [0.4, 0.5) is 5.69 Å². The molecule has 134 valence electrons. The Morgan fingerprint density at radius 1 is 1.08 bits per heavy atom. The molecule has 0 bridgehead atoms. The highest BCUT2D eigenvalue weighted by molar-refractivity contribution is 6.30. The first-order valence-electron chi connectivity index (χ1n) is 8.35. The number of halogens is 1.